The van der Waals surface area contributed by atoms with Crippen molar-refractivity contribution in [3.8, 4) is 0 Å². The van der Waals surface area contributed by atoms with Crippen molar-refractivity contribution in [2.24, 2.45) is 11.8 Å². The van der Waals surface area contributed by atoms with Crippen molar-refractivity contribution in [2.45, 2.75) is 37.1 Å². The predicted octanol–water partition coefficient (Wildman–Crippen LogP) is 1.74. The van der Waals surface area contributed by atoms with Gasteiger partial charge in [0.05, 0.1) is 11.4 Å². The van der Waals surface area contributed by atoms with Gasteiger partial charge in [0.2, 0.25) is 21.8 Å². The molecule has 1 heterocycles. The standard InChI is InChI=1S/C22H27FN4O4S/c23-19-7-9-20(10-8-19)32(30,31)27-14-16-3-5-18(6-4-16)22(29)26-15-21(28)25-13-17-2-1-11-24-12-17/h1-2,7-12,16,18,27H,3-6,13-15H2,(H,25,28)(H,26,29). The maximum absolute atomic E-state index is 13.0. The second kappa shape index (κ2) is 11.1. The van der Waals surface area contributed by atoms with Gasteiger partial charge in [-0.25, -0.2) is 17.5 Å². The zero-order valence-corrected chi connectivity index (χ0v) is 18.4. The highest BCUT2D eigenvalue weighted by atomic mass is 32.2. The summed E-state index contributed by atoms with van der Waals surface area (Å²) in [5, 5.41) is 5.41. The Morgan fingerprint density at radius 2 is 1.75 bits per heavy atom. The number of sulfonamides is 1. The van der Waals surface area contributed by atoms with Crippen molar-refractivity contribution in [3.05, 3.63) is 60.2 Å². The Labute approximate surface area is 187 Å². The van der Waals surface area contributed by atoms with E-state index in [9.17, 15) is 22.4 Å². The van der Waals surface area contributed by atoms with Gasteiger partial charge in [-0.1, -0.05) is 6.07 Å². The number of hydrogen-bond donors (Lipinski definition) is 3. The average molecular weight is 463 g/mol. The summed E-state index contributed by atoms with van der Waals surface area (Å²) in [6.07, 6.45) is 5.99. The van der Waals surface area contributed by atoms with Crippen molar-refractivity contribution in [1.29, 1.82) is 0 Å². The summed E-state index contributed by atoms with van der Waals surface area (Å²) < 4.78 is 40.2. The van der Waals surface area contributed by atoms with Crippen molar-refractivity contribution < 1.29 is 22.4 Å². The number of carbonyl (C=O) groups excluding carboxylic acids is 2. The van der Waals surface area contributed by atoms with Crippen LogP contribution in [0.25, 0.3) is 0 Å². The third-order valence-electron chi connectivity index (χ3n) is 5.54. The largest absolute Gasteiger partial charge is 0.350 e. The molecule has 0 radical (unpaired) electrons. The van der Waals surface area contributed by atoms with Crippen LogP contribution in [-0.4, -0.2) is 38.3 Å². The molecule has 1 aliphatic rings. The number of carbonyl (C=O) groups is 2. The first kappa shape index (κ1) is 23.8. The van der Waals surface area contributed by atoms with Crippen molar-refractivity contribution in [3.63, 3.8) is 0 Å². The molecule has 0 aliphatic heterocycles. The normalized spacial score (nSPS) is 18.7. The van der Waals surface area contributed by atoms with Gasteiger partial charge in [-0.3, -0.25) is 14.6 Å². The number of amides is 2. The van der Waals surface area contributed by atoms with Gasteiger partial charge in [0.15, 0.2) is 0 Å². The lowest BCUT2D eigenvalue weighted by Gasteiger charge is -2.27. The Bertz CT molecular complexity index is 1010. The molecule has 0 atom stereocenters. The lowest BCUT2D eigenvalue weighted by molar-refractivity contribution is -0.129. The summed E-state index contributed by atoms with van der Waals surface area (Å²) in [5.74, 6) is -0.993. The quantitative estimate of drug-likeness (QED) is 0.525. The van der Waals surface area contributed by atoms with Gasteiger partial charge in [-0.2, -0.15) is 0 Å². The molecule has 8 nitrogen and oxygen atoms in total. The lowest BCUT2D eigenvalue weighted by atomic mass is 9.81. The van der Waals surface area contributed by atoms with E-state index in [1.165, 1.54) is 12.1 Å². The zero-order chi connectivity index (χ0) is 23.0. The number of hydrogen-bond acceptors (Lipinski definition) is 5. The third-order valence-corrected chi connectivity index (χ3v) is 6.98. The van der Waals surface area contributed by atoms with E-state index in [-0.39, 0.29) is 41.6 Å². The molecular formula is C22H27FN4O4S. The number of rotatable bonds is 9. The first-order valence-electron chi connectivity index (χ1n) is 10.5. The monoisotopic (exact) mass is 462 g/mol. The molecule has 1 saturated carbocycles. The van der Waals surface area contributed by atoms with Gasteiger partial charge in [-0.15, -0.1) is 0 Å². The first-order chi connectivity index (χ1) is 15.3. The molecule has 0 saturated heterocycles. The molecule has 0 bridgehead atoms. The van der Waals surface area contributed by atoms with Crippen LogP contribution in [0.3, 0.4) is 0 Å². The van der Waals surface area contributed by atoms with Crippen LogP contribution in [0.2, 0.25) is 0 Å². The van der Waals surface area contributed by atoms with Crippen LogP contribution in [0.4, 0.5) is 4.39 Å². The first-order valence-corrected chi connectivity index (χ1v) is 12.0. The minimum absolute atomic E-state index is 0.0220. The number of halogens is 1. The Kier molecular flexibility index (Phi) is 8.29. The molecule has 172 valence electrons. The van der Waals surface area contributed by atoms with E-state index in [0.29, 0.717) is 32.2 Å². The Morgan fingerprint density at radius 1 is 1.03 bits per heavy atom. The van der Waals surface area contributed by atoms with E-state index in [0.717, 1.165) is 17.7 Å². The molecule has 3 rings (SSSR count). The molecule has 10 heteroatoms. The molecular weight excluding hydrogens is 435 g/mol. The fourth-order valence-corrected chi connectivity index (χ4v) is 4.75. The van der Waals surface area contributed by atoms with Crippen molar-refractivity contribution in [1.82, 2.24) is 20.3 Å². The maximum Gasteiger partial charge on any atom is 0.240 e. The molecule has 1 aromatic carbocycles. The van der Waals surface area contributed by atoms with Gasteiger partial charge in [0, 0.05) is 31.4 Å². The smallest absolute Gasteiger partial charge is 0.240 e. The Morgan fingerprint density at radius 3 is 2.41 bits per heavy atom. The van der Waals surface area contributed by atoms with Crippen LogP contribution in [0.1, 0.15) is 31.2 Å². The SMILES string of the molecule is O=C(CNC(=O)C1CCC(CNS(=O)(=O)c2ccc(F)cc2)CC1)NCc1cccnc1. The zero-order valence-electron chi connectivity index (χ0n) is 17.6. The van der Waals surface area contributed by atoms with E-state index in [1.54, 1.807) is 18.5 Å². The number of pyridine rings is 1. The van der Waals surface area contributed by atoms with E-state index >= 15 is 0 Å². The second-order valence-electron chi connectivity index (χ2n) is 7.88. The number of nitrogens with one attached hydrogen (secondary N) is 3. The maximum atomic E-state index is 13.0. The highest BCUT2D eigenvalue weighted by Crippen LogP contribution is 2.28. The van der Waals surface area contributed by atoms with Crippen LogP contribution in [0.5, 0.6) is 0 Å². The highest BCUT2D eigenvalue weighted by Gasteiger charge is 2.27. The molecule has 2 amide bonds. The topological polar surface area (TPSA) is 117 Å². The molecule has 1 aromatic heterocycles. The van der Waals surface area contributed by atoms with E-state index < -0.39 is 15.8 Å². The van der Waals surface area contributed by atoms with Crippen LogP contribution in [-0.2, 0) is 26.2 Å². The summed E-state index contributed by atoms with van der Waals surface area (Å²) in [6, 6.07) is 8.31. The summed E-state index contributed by atoms with van der Waals surface area (Å²) >= 11 is 0. The van der Waals surface area contributed by atoms with Crippen molar-refractivity contribution in [2.75, 3.05) is 13.1 Å². The minimum Gasteiger partial charge on any atom is -0.350 e. The Hall–Kier alpha value is -2.85. The van der Waals surface area contributed by atoms with Gasteiger partial charge < -0.3 is 10.6 Å². The Balaban J connectivity index is 1.35. The van der Waals surface area contributed by atoms with Crippen LogP contribution in [0.15, 0.2) is 53.7 Å². The third kappa shape index (κ3) is 7.10. The summed E-state index contributed by atoms with van der Waals surface area (Å²) in [5.41, 5.74) is 0.876. The molecule has 32 heavy (non-hydrogen) atoms. The van der Waals surface area contributed by atoms with Gasteiger partial charge >= 0.3 is 0 Å². The fraction of sp³-hybridized carbons (Fsp3) is 0.409. The lowest BCUT2D eigenvalue weighted by Crippen LogP contribution is -2.41. The van der Waals surface area contributed by atoms with E-state index in [2.05, 4.69) is 20.3 Å². The second-order valence-corrected chi connectivity index (χ2v) is 9.65. The van der Waals surface area contributed by atoms with Gasteiger partial charge in [-0.05, 0) is 67.5 Å². The van der Waals surface area contributed by atoms with Gasteiger partial charge in [0.1, 0.15) is 5.82 Å². The molecule has 0 spiro atoms. The number of nitrogens with zero attached hydrogens (tertiary/aromatic N) is 1. The van der Waals surface area contributed by atoms with Gasteiger partial charge in [0.25, 0.3) is 0 Å². The van der Waals surface area contributed by atoms with Crippen molar-refractivity contribution >= 4 is 21.8 Å². The molecule has 0 unspecified atom stereocenters. The van der Waals surface area contributed by atoms with E-state index in [4.69, 9.17) is 0 Å². The summed E-state index contributed by atoms with van der Waals surface area (Å²) in [4.78, 5) is 28.3. The highest BCUT2D eigenvalue weighted by molar-refractivity contribution is 7.89. The van der Waals surface area contributed by atoms with Crippen LogP contribution < -0.4 is 15.4 Å². The fourth-order valence-electron chi connectivity index (χ4n) is 3.63. The van der Waals surface area contributed by atoms with Crippen LogP contribution in [0, 0.1) is 17.7 Å². The number of aromatic nitrogens is 1. The molecule has 3 N–H and O–H groups in total. The predicted molar refractivity (Wildman–Crippen MR) is 116 cm³/mol. The van der Waals surface area contributed by atoms with E-state index in [1.807, 2.05) is 6.07 Å². The van der Waals surface area contributed by atoms with Crippen LogP contribution >= 0.6 is 0 Å². The minimum atomic E-state index is -3.69. The summed E-state index contributed by atoms with van der Waals surface area (Å²) in [6.45, 7) is 0.531. The molecule has 1 fully saturated rings. The summed E-state index contributed by atoms with van der Waals surface area (Å²) in [7, 11) is -3.69. The molecule has 2 aromatic rings. The molecule has 1 aliphatic carbocycles. The average Bonchev–Trinajstić information content (AvgIpc) is 2.81. The number of benzene rings is 1.